The van der Waals surface area contributed by atoms with E-state index in [4.69, 9.17) is 4.74 Å². The van der Waals surface area contributed by atoms with Crippen molar-refractivity contribution >= 4 is 23.0 Å². The zero-order chi connectivity index (χ0) is 25.2. The molecule has 2 aliphatic heterocycles. The average Bonchev–Trinajstić information content (AvgIpc) is 2.94. The third-order valence-electron chi connectivity index (χ3n) is 6.55. The lowest BCUT2D eigenvalue weighted by molar-refractivity contribution is -0.112. The first-order chi connectivity index (χ1) is 17.6. The number of hydrogen-bond donors (Lipinski definition) is 3. The van der Waals surface area contributed by atoms with Crippen LogP contribution in [0.5, 0.6) is 5.75 Å². The minimum absolute atomic E-state index is 0.193. The molecule has 0 unspecified atom stereocenters. The number of rotatable bonds is 8. The number of amides is 1. The lowest BCUT2D eigenvalue weighted by Gasteiger charge is -2.36. The molecule has 1 fully saturated rings. The molecule has 2 heterocycles. The highest BCUT2D eigenvalue weighted by molar-refractivity contribution is 6.06. The number of nitrogens with zero attached hydrogens (tertiary/aromatic N) is 2. The topological polar surface area (TPSA) is 68.9 Å². The van der Waals surface area contributed by atoms with Crippen LogP contribution in [-0.2, 0) is 11.3 Å². The normalized spacial score (nSPS) is 18.4. The van der Waals surface area contributed by atoms with Crippen molar-refractivity contribution in [2.75, 3.05) is 68.5 Å². The summed E-state index contributed by atoms with van der Waals surface area (Å²) in [5, 5.41) is 9.90. The van der Waals surface area contributed by atoms with Crippen LogP contribution in [0.3, 0.4) is 0 Å². The highest BCUT2D eigenvalue weighted by Crippen LogP contribution is 2.24. The van der Waals surface area contributed by atoms with Crippen LogP contribution in [0.15, 0.2) is 78.9 Å². The van der Waals surface area contributed by atoms with Gasteiger partial charge in [0.1, 0.15) is 5.75 Å². The van der Waals surface area contributed by atoms with Gasteiger partial charge < -0.3 is 25.6 Å². The molecule has 7 heteroatoms. The summed E-state index contributed by atoms with van der Waals surface area (Å²) < 4.78 is 5.26. The van der Waals surface area contributed by atoms with Crippen molar-refractivity contribution < 1.29 is 9.53 Å². The molecule has 1 amide bonds. The molecule has 0 saturated carbocycles. The molecule has 3 N–H and O–H groups in total. The Morgan fingerprint density at radius 2 is 1.83 bits per heavy atom. The van der Waals surface area contributed by atoms with Crippen molar-refractivity contribution in [3.05, 3.63) is 84.5 Å². The molecular formula is C29H37N5O2. The summed E-state index contributed by atoms with van der Waals surface area (Å²) in [7, 11) is 1.70. The molecule has 7 nitrogen and oxygen atoms in total. The van der Waals surface area contributed by atoms with Gasteiger partial charge in [-0.05, 0) is 61.5 Å². The Bertz CT molecular complexity index is 1090. The van der Waals surface area contributed by atoms with E-state index in [1.807, 2.05) is 42.5 Å². The van der Waals surface area contributed by atoms with E-state index >= 15 is 0 Å². The summed E-state index contributed by atoms with van der Waals surface area (Å²) in [6, 6.07) is 14.5. The van der Waals surface area contributed by atoms with Gasteiger partial charge in [-0.15, -0.1) is 0 Å². The van der Waals surface area contributed by atoms with Crippen molar-refractivity contribution in [2.45, 2.75) is 13.0 Å². The SMILES string of the molecule is C=C1/C=C\C=C/CNc2ccc(CNCCCN3CCN(c4ccc(OC)cc4)CC3)cc2NC1=O. The molecule has 2 aromatic carbocycles. The lowest BCUT2D eigenvalue weighted by atomic mass is 10.1. The number of benzene rings is 2. The van der Waals surface area contributed by atoms with Gasteiger partial charge in [-0.25, -0.2) is 0 Å². The number of fused-ring (bicyclic) bond motifs is 1. The van der Waals surface area contributed by atoms with E-state index < -0.39 is 0 Å². The first-order valence-electron chi connectivity index (χ1n) is 12.6. The summed E-state index contributed by atoms with van der Waals surface area (Å²) in [5.74, 6) is 0.705. The molecule has 0 aliphatic carbocycles. The summed E-state index contributed by atoms with van der Waals surface area (Å²) in [5.41, 5.74) is 4.51. The van der Waals surface area contributed by atoms with E-state index in [9.17, 15) is 4.79 Å². The Labute approximate surface area is 214 Å². The number of hydrogen-bond acceptors (Lipinski definition) is 6. The van der Waals surface area contributed by atoms with Crippen LogP contribution in [0.4, 0.5) is 17.1 Å². The second kappa shape index (κ2) is 13.0. The summed E-state index contributed by atoms with van der Waals surface area (Å²) in [6.45, 7) is 11.6. The molecule has 2 aromatic rings. The number of carbonyl (C=O) groups is 1. The molecule has 0 aromatic heterocycles. The zero-order valence-electron chi connectivity index (χ0n) is 21.1. The highest BCUT2D eigenvalue weighted by atomic mass is 16.5. The van der Waals surface area contributed by atoms with Gasteiger partial charge in [0.05, 0.1) is 18.5 Å². The predicted octanol–water partition coefficient (Wildman–Crippen LogP) is 4.03. The standard InChI is InChI=1S/C29H37N5O2/c1-23-7-4-3-5-15-31-27-13-8-24(21-28(27)32-29(23)35)22-30-14-6-16-33-17-19-34(20-18-33)25-9-11-26(36-2)12-10-25/h3-5,7-13,21,30-31H,1,6,14-20,22H2,2H3,(H,32,35)/b5-3-,7-4-. The fourth-order valence-electron chi connectivity index (χ4n) is 4.41. The fraction of sp³-hybridized carbons (Fsp3) is 0.345. The Kier molecular flexibility index (Phi) is 9.19. The molecule has 1 saturated heterocycles. The van der Waals surface area contributed by atoms with Crippen molar-refractivity contribution in [2.24, 2.45) is 0 Å². The van der Waals surface area contributed by atoms with Crippen LogP contribution < -0.4 is 25.6 Å². The lowest BCUT2D eigenvalue weighted by Crippen LogP contribution is -2.46. The van der Waals surface area contributed by atoms with Crippen LogP contribution in [-0.4, -0.2) is 63.7 Å². The van der Waals surface area contributed by atoms with Crippen molar-refractivity contribution in [3.63, 3.8) is 0 Å². The first-order valence-corrected chi connectivity index (χ1v) is 12.6. The van der Waals surface area contributed by atoms with Crippen LogP contribution in [0, 0.1) is 0 Å². The van der Waals surface area contributed by atoms with Gasteiger partial charge in [0.2, 0.25) is 0 Å². The van der Waals surface area contributed by atoms with Crippen molar-refractivity contribution in [1.29, 1.82) is 0 Å². The molecular weight excluding hydrogens is 450 g/mol. The summed E-state index contributed by atoms with van der Waals surface area (Å²) in [4.78, 5) is 17.4. The van der Waals surface area contributed by atoms with Gasteiger partial charge in [0.15, 0.2) is 0 Å². The van der Waals surface area contributed by atoms with E-state index in [2.05, 4.69) is 50.5 Å². The molecule has 36 heavy (non-hydrogen) atoms. The number of carbonyl (C=O) groups excluding carboxylic acids is 1. The molecule has 0 radical (unpaired) electrons. The summed E-state index contributed by atoms with van der Waals surface area (Å²) in [6.07, 6.45) is 8.58. The molecule has 2 aliphatic rings. The molecule has 0 bridgehead atoms. The summed E-state index contributed by atoms with van der Waals surface area (Å²) >= 11 is 0. The number of allylic oxidation sites excluding steroid dienone is 2. The van der Waals surface area contributed by atoms with Gasteiger partial charge in [0.25, 0.3) is 5.91 Å². The van der Waals surface area contributed by atoms with E-state index in [0.717, 1.165) is 74.9 Å². The third kappa shape index (κ3) is 7.23. The minimum Gasteiger partial charge on any atom is -0.497 e. The number of methoxy groups -OCH3 is 1. The Balaban J connectivity index is 1.19. The van der Waals surface area contributed by atoms with E-state index in [1.165, 1.54) is 5.69 Å². The number of piperazine rings is 1. The molecule has 0 atom stereocenters. The highest BCUT2D eigenvalue weighted by Gasteiger charge is 2.17. The number of nitrogens with one attached hydrogen (secondary N) is 3. The van der Waals surface area contributed by atoms with Crippen LogP contribution >= 0.6 is 0 Å². The minimum atomic E-state index is -0.193. The Morgan fingerprint density at radius 3 is 2.61 bits per heavy atom. The van der Waals surface area contributed by atoms with Gasteiger partial charge in [-0.2, -0.15) is 0 Å². The maximum Gasteiger partial charge on any atom is 0.255 e. The van der Waals surface area contributed by atoms with E-state index in [-0.39, 0.29) is 5.91 Å². The monoisotopic (exact) mass is 487 g/mol. The first kappa shape index (κ1) is 25.5. The van der Waals surface area contributed by atoms with Gasteiger partial charge >= 0.3 is 0 Å². The Morgan fingerprint density at radius 1 is 1.03 bits per heavy atom. The molecule has 4 rings (SSSR count). The maximum atomic E-state index is 12.5. The number of anilines is 3. The van der Waals surface area contributed by atoms with Crippen molar-refractivity contribution in [3.8, 4) is 5.75 Å². The van der Waals surface area contributed by atoms with Crippen molar-refractivity contribution in [1.82, 2.24) is 10.2 Å². The third-order valence-corrected chi connectivity index (χ3v) is 6.55. The Hall–Kier alpha value is -3.55. The molecule has 190 valence electrons. The fourth-order valence-corrected chi connectivity index (χ4v) is 4.41. The average molecular weight is 488 g/mol. The second-order valence-corrected chi connectivity index (χ2v) is 9.08. The van der Waals surface area contributed by atoms with Gasteiger partial charge in [-0.1, -0.05) is 36.9 Å². The smallest absolute Gasteiger partial charge is 0.255 e. The zero-order valence-corrected chi connectivity index (χ0v) is 21.1. The van der Waals surface area contributed by atoms with E-state index in [1.54, 1.807) is 13.2 Å². The predicted molar refractivity (Wildman–Crippen MR) is 149 cm³/mol. The maximum absolute atomic E-state index is 12.5. The number of ether oxygens (including phenoxy) is 1. The van der Waals surface area contributed by atoms with Crippen LogP contribution in [0.25, 0.3) is 0 Å². The largest absolute Gasteiger partial charge is 0.497 e. The van der Waals surface area contributed by atoms with Gasteiger partial charge in [0, 0.05) is 50.5 Å². The molecule has 0 spiro atoms. The quantitative estimate of drug-likeness (QED) is 0.386. The van der Waals surface area contributed by atoms with Crippen LogP contribution in [0.2, 0.25) is 0 Å². The van der Waals surface area contributed by atoms with E-state index in [0.29, 0.717) is 12.1 Å². The second-order valence-electron chi connectivity index (χ2n) is 9.08. The van der Waals surface area contributed by atoms with Gasteiger partial charge in [-0.3, -0.25) is 9.69 Å². The van der Waals surface area contributed by atoms with Crippen LogP contribution in [0.1, 0.15) is 12.0 Å².